The highest BCUT2D eigenvalue weighted by atomic mass is 16.5. The second-order valence-corrected chi connectivity index (χ2v) is 5.17. The molecule has 3 rings (SSSR count). The number of rotatable bonds is 1. The van der Waals surface area contributed by atoms with E-state index in [4.69, 9.17) is 9.84 Å². The fourth-order valence-corrected chi connectivity index (χ4v) is 2.47. The quantitative estimate of drug-likeness (QED) is 0.832. The van der Waals surface area contributed by atoms with Crippen LogP contribution in [0.2, 0.25) is 0 Å². The van der Waals surface area contributed by atoms with Crippen LogP contribution in [0.15, 0.2) is 36.7 Å². The molecule has 0 aliphatic carbocycles. The first-order valence-electron chi connectivity index (χ1n) is 6.25. The number of aromatic nitrogens is 1. The number of fused-ring (bicyclic) bond motifs is 3. The summed E-state index contributed by atoms with van der Waals surface area (Å²) in [6, 6.07) is 7.23. The lowest BCUT2D eigenvalue weighted by Crippen LogP contribution is -2.29. The van der Waals surface area contributed by atoms with Gasteiger partial charge in [0.2, 0.25) is 0 Å². The molecule has 0 saturated carbocycles. The summed E-state index contributed by atoms with van der Waals surface area (Å²) in [5.41, 5.74) is 3.01. The zero-order valence-electron chi connectivity index (χ0n) is 11.2. The third-order valence-electron chi connectivity index (χ3n) is 3.36. The largest absolute Gasteiger partial charge is 0.482 e. The van der Waals surface area contributed by atoms with E-state index in [1.54, 1.807) is 18.3 Å². The molecular formula is C15H14N2O3. The molecule has 102 valence electrons. The average Bonchev–Trinajstić information content (AvgIpc) is 2.37. The summed E-state index contributed by atoms with van der Waals surface area (Å²) in [7, 11) is 0. The van der Waals surface area contributed by atoms with Crippen molar-refractivity contribution in [1.29, 1.82) is 0 Å². The van der Waals surface area contributed by atoms with Crippen LogP contribution in [-0.2, 0) is 5.60 Å². The SMILES string of the molecule is CC1(C)Oc2cc(NC(=O)O)ccc2-c2ccncc21. The van der Waals surface area contributed by atoms with E-state index in [9.17, 15) is 4.79 Å². The smallest absolute Gasteiger partial charge is 0.409 e. The first kappa shape index (κ1) is 12.5. The minimum atomic E-state index is -1.09. The third kappa shape index (κ3) is 1.97. The van der Waals surface area contributed by atoms with E-state index >= 15 is 0 Å². The highest BCUT2D eigenvalue weighted by Gasteiger charge is 2.32. The van der Waals surface area contributed by atoms with E-state index in [0.717, 1.165) is 16.7 Å². The van der Waals surface area contributed by atoms with Crippen LogP contribution < -0.4 is 10.1 Å². The van der Waals surface area contributed by atoms with Crippen LogP contribution in [0.25, 0.3) is 11.1 Å². The Bertz CT molecular complexity index is 695. The number of carboxylic acid groups (broad SMARTS) is 1. The average molecular weight is 270 g/mol. The molecular weight excluding hydrogens is 256 g/mol. The molecule has 1 amide bonds. The van der Waals surface area contributed by atoms with Crippen LogP contribution in [0.1, 0.15) is 19.4 Å². The number of hydrogen-bond donors (Lipinski definition) is 2. The van der Waals surface area contributed by atoms with Crippen molar-refractivity contribution in [3.8, 4) is 16.9 Å². The van der Waals surface area contributed by atoms with Gasteiger partial charge in [0.1, 0.15) is 11.4 Å². The van der Waals surface area contributed by atoms with Crippen molar-refractivity contribution < 1.29 is 14.6 Å². The number of amides is 1. The highest BCUT2D eigenvalue weighted by molar-refractivity contribution is 5.85. The van der Waals surface area contributed by atoms with Crippen LogP contribution in [0.4, 0.5) is 10.5 Å². The van der Waals surface area contributed by atoms with Crippen molar-refractivity contribution >= 4 is 11.8 Å². The van der Waals surface area contributed by atoms with Crippen molar-refractivity contribution in [3.05, 3.63) is 42.2 Å². The van der Waals surface area contributed by atoms with Crippen molar-refractivity contribution in [2.45, 2.75) is 19.4 Å². The lowest BCUT2D eigenvalue weighted by Gasteiger charge is -2.34. The van der Waals surface area contributed by atoms with Crippen molar-refractivity contribution in [2.75, 3.05) is 5.32 Å². The normalized spacial score (nSPS) is 14.7. The van der Waals surface area contributed by atoms with Crippen molar-refractivity contribution in [1.82, 2.24) is 4.98 Å². The number of hydrogen-bond acceptors (Lipinski definition) is 3. The molecule has 2 N–H and O–H groups in total. The number of benzene rings is 1. The van der Waals surface area contributed by atoms with Gasteiger partial charge < -0.3 is 9.84 Å². The fourth-order valence-electron chi connectivity index (χ4n) is 2.47. The standard InChI is InChI=1S/C15H14N2O3/c1-15(2)12-8-16-6-5-10(12)11-4-3-9(17-14(18)19)7-13(11)20-15/h3-8,17H,1-2H3,(H,18,19). The summed E-state index contributed by atoms with van der Waals surface area (Å²) in [4.78, 5) is 14.9. The van der Waals surface area contributed by atoms with Crippen LogP contribution in [0.5, 0.6) is 5.75 Å². The van der Waals surface area contributed by atoms with E-state index in [2.05, 4.69) is 10.3 Å². The Morgan fingerprint density at radius 3 is 2.85 bits per heavy atom. The van der Waals surface area contributed by atoms with Gasteiger partial charge in [0.25, 0.3) is 0 Å². The second-order valence-electron chi connectivity index (χ2n) is 5.17. The van der Waals surface area contributed by atoms with Gasteiger partial charge in [-0.3, -0.25) is 10.3 Å². The fraction of sp³-hybridized carbons (Fsp3) is 0.200. The lowest BCUT2D eigenvalue weighted by molar-refractivity contribution is 0.105. The number of nitrogens with one attached hydrogen (secondary N) is 1. The molecule has 2 heterocycles. The minimum Gasteiger partial charge on any atom is -0.482 e. The first-order valence-corrected chi connectivity index (χ1v) is 6.25. The van der Waals surface area contributed by atoms with Gasteiger partial charge in [-0.15, -0.1) is 0 Å². The molecule has 0 unspecified atom stereocenters. The Labute approximate surface area is 116 Å². The van der Waals surface area contributed by atoms with Crippen molar-refractivity contribution in [2.24, 2.45) is 0 Å². The number of ether oxygens (including phenoxy) is 1. The first-order chi connectivity index (χ1) is 9.47. The summed E-state index contributed by atoms with van der Waals surface area (Å²) >= 11 is 0. The minimum absolute atomic E-state index is 0.490. The maximum Gasteiger partial charge on any atom is 0.409 e. The van der Waals surface area contributed by atoms with Gasteiger partial charge in [-0.1, -0.05) is 0 Å². The Morgan fingerprint density at radius 1 is 1.30 bits per heavy atom. The maximum absolute atomic E-state index is 10.7. The summed E-state index contributed by atoms with van der Waals surface area (Å²) in [6.07, 6.45) is 2.46. The lowest BCUT2D eigenvalue weighted by atomic mass is 9.88. The van der Waals surface area contributed by atoms with Gasteiger partial charge in [0.05, 0.1) is 0 Å². The summed E-state index contributed by atoms with van der Waals surface area (Å²) < 4.78 is 6.00. The molecule has 2 aromatic rings. The monoisotopic (exact) mass is 270 g/mol. The van der Waals surface area contributed by atoms with Gasteiger partial charge in [-0.25, -0.2) is 4.79 Å². The van der Waals surface area contributed by atoms with Crippen LogP contribution in [0, 0.1) is 0 Å². The van der Waals surface area contributed by atoms with E-state index in [1.807, 2.05) is 32.2 Å². The highest BCUT2D eigenvalue weighted by Crippen LogP contribution is 2.45. The maximum atomic E-state index is 10.7. The third-order valence-corrected chi connectivity index (χ3v) is 3.36. The molecule has 1 aliphatic heterocycles. The molecule has 1 aliphatic rings. The second kappa shape index (κ2) is 4.23. The number of pyridine rings is 1. The van der Waals surface area contributed by atoms with Gasteiger partial charge in [-0.05, 0) is 37.6 Å². The molecule has 0 spiro atoms. The van der Waals surface area contributed by atoms with Gasteiger partial charge in [-0.2, -0.15) is 0 Å². The Hall–Kier alpha value is -2.56. The van der Waals surface area contributed by atoms with E-state index in [1.165, 1.54) is 0 Å². The molecule has 0 radical (unpaired) electrons. The molecule has 1 aromatic heterocycles. The zero-order valence-corrected chi connectivity index (χ0v) is 11.2. The number of carbonyl (C=O) groups is 1. The summed E-state index contributed by atoms with van der Waals surface area (Å²) in [5.74, 6) is 0.667. The van der Waals surface area contributed by atoms with E-state index < -0.39 is 11.7 Å². The molecule has 0 atom stereocenters. The number of nitrogens with zero attached hydrogens (tertiary/aromatic N) is 1. The summed E-state index contributed by atoms with van der Waals surface area (Å²) in [6.45, 7) is 3.93. The predicted molar refractivity (Wildman–Crippen MR) is 75.0 cm³/mol. The summed E-state index contributed by atoms with van der Waals surface area (Å²) in [5, 5.41) is 11.1. The molecule has 20 heavy (non-hydrogen) atoms. The van der Waals surface area contributed by atoms with Gasteiger partial charge in [0, 0.05) is 35.3 Å². The number of anilines is 1. The Kier molecular flexibility index (Phi) is 2.64. The molecule has 0 fully saturated rings. The molecule has 5 nitrogen and oxygen atoms in total. The van der Waals surface area contributed by atoms with Gasteiger partial charge in [0.15, 0.2) is 0 Å². The molecule has 5 heteroatoms. The van der Waals surface area contributed by atoms with Gasteiger partial charge >= 0.3 is 6.09 Å². The van der Waals surface area contributed by atoms with Crippen LogP contribution >= 0.6 is 0 Å². The van der Waals surface area contributed by atoms with Crippen molar-refractivity contribution in [3.63, 3.8) is 0 Å². The topological polar surface area (TPSA) is 71.5 Å². The van der Waals surface area contributed by atoms with E-state index in [-0.39, 0.29) is 0 Å². The molecule has 0 bridgehead atoms. The van der Waals surface area contributed by atoms with Crippen LogP contribution in [0.3, 0.4) is 0 Å². The molecule has 1 aromatic carbocycles. The Balaban J connectivity index is 2.14. The van der Waals surface area contributed by atoms with Crippen LogP contribution in [-0.4, -0.2) is 16.2 Å². The molecule has 0 saturated heterocycles. The zero-order chi connectivity index (χ0) is 14.3. The Morgan fingerprint density at radius 2 is 2.10 bits per heavy atom. The predicted octanol–water partition coefficient (Wildman–Crippen LogP) is 3.47. The van der Waals surface area contributed by atoms with E-state index in [0.29, 0.717) is 11.4 Å².